The molecule has 0 saturated carbocycles. The number of Topliss-reactive ketones (excluding diaryl/α,β-unsaturated/α-hetero) is 1. The van der Waals surface area contributed by atoms with E-state index in [9.17, 15) is 19.2 Å². The van der Waals surface area contributed by atoms with Crippen molar-refractivity contribution < 1.29 is 37.8 Å². The molecule has 2 rings (SSSR count). The zero-order valence-electron chi connectivity index (χ0n) is 23.6. The fourth-order valence-corrected chi connectivity index (χ4v) is 4.70. The molecule has 0 fully saturated rings. The van der Waals surface area contributed by atoms with E-state index in [1.807, 2.05) is 6.92 Å². The zero-order chi connectivity index (χ0) is 29.4. The van der Waals surface area contributed by atoms with Gasteiger partial charge in [-0.2, -0.15) is 0 Å². The zero-order valence-corrected chi connectivity index (χ0v) is 23.6. The Kier molecular flexibility index (Phi) is 11.5. The van der Waals surface area contributed by atoms with Crippen LogP contribution in [0.4, 0.5) is 9.18 Å². The summed E-state index contributed by atoms with van der Waals surface area (Å²) in [5.74, 6) is -2.25. The number of amides is 2. The van der Waals surface area contributed by atoms with Crippen molar-refractivity contribution in [3.05, 3.63) is 58.4 Å². The molecular formula is C29H39FN2O7. The summed E-state index contributed by atoms with van der Waals surface area (Å²) in [6.07, 6.45) is 2.79. The lowest BCUT2D eigenvalue weighted by atomic mass is 9.84. The molecule has 9 nitrogen and oxygen atoms in total. The first-order valence-corrected chi connectivity index (χ1v) is 12.8. The first-order valence-electron chi connectivity index (χ1n) is 12.8. The Morgan fingerprint density at radius 3 is 2.36 bits per heavy atom. The summed E-state index contributed by atoms with van der Waals surface area (Å²) in [4.78, 5) is 50.3. The third-order valence-electron chi connectivity index (χ3n) is 7.01. The van der Waals surface area contributed by atoms with E-state index in [0.29, 0.717) is 11.1 Å². The molecule has 3 N–H and O–H groups in total. The molecular weight excluding hydrogens is 507 g/mol. The van der Waals surface area contributed by atoms with Crippen LogP contribution in [-0.2, 0) is 28.6 Å². The third kappa shape index (κ3) is 8.31. The van der Waals surface area contributed by atoms with E-state index < -0.39 is 48.2 Å². The summed E-state index contributed by atoms with van der Waals surface area (Å²) < 4.78 is 31.9. The van der Waals surface area contributed by atoms with E-state index in [1.165, 1.54) is 26.4 Å². The molecule has 0 radical (unpaired) electrons. The van der Waals surface area contributed by atoms with Gasteiger partial charge in [-0.25, -0.2) is 9.18 Å². The summed E-state index contributed by atoms with van der Waals surface area (Å²) in [5, 5.41) is 2.53. The van der Waals surface area contributed by atoms with Gasteiger partial charge in [-0.3, -0.25) is 14.4 Å². The first kappa shape index (κ1) is 31.8. The van der Waals surface area contributed by atoms with Gasteiger partial charge in [-0.05, 0) is 45.1 Å². The fourth-order valence-electron chi connectivity index (χ4n) is 4.70. The Morgan fingerprint density at radius 2 is 1.77 bits per heavy atom. The lowest BCUT2D eigenvalue weighted by molar-refractivity contribution is -0.120. The Morgan fingerprint density at radius 1 is 1.10 bits per heavy atom. The average Bonchev–Trinajstić information content (AvgIpc) is 2.88. The number of alkyl halides is 1. The van der Waals surface area contributed by atoms with Crippen molar-refractivity contribution in [3.8, 4) is 0 Å². The van der Waals surface area contributed by atoms with Crippen molar-refractivity contribution in [2.24, 2.45) is 17.6 Å². The molecule has 2 amide bonds. The molecule has 0 aromatic rings. The van der Waals surface area contributed by atoms with E-state index in [2.05, 4.69) is 5.32 Å². The van der Waals surface area contributed by atoms with Crippen molar-refractivity contribution in [1.29, 1.82) is 0 Å². The molecule has 1 aliphatic heterocycles. The van der Waals surface area contributed by atoms with Crippen molar-refractivity contribution in [1.82, 2.24) is 5.32 Å². The number of fused-ring (bicyclic) bond motifs is 2. The number of carbonyl (C=O) groups excluding carboxylic acids is 4. The normalized spacial score (nSPS) is 33.3. The molecule has 214 valence electrons. The molecule has 39 heavy (non-hydrogen) atoms. The van der Waals surface area contributed by atoms with Crippen molar-refractivity contribution in [2.75, 3.05) is 14.2 Å². The van der Waals surface area contributed by atoms with Crippen molar-refractivity contribution in [2.45, 2.75) is 71.9 Å². The highest BCUT2D eigenvalue weighted by molar-refractivity contribution is 6.23. The maximum Gasteiger partial charge on any atom is 0.405 e. The number of ketones is 2. The summed E-state index contributed by atoms with van der Waals surface area (Å²) >= 11 is 0. The van der Waals surface area contributed by atoms with Gasteiger partial charge in [-0.1, -0.05) is 38.2 Å². The predicted molar refractivity (Wildman–Crippen MR) is 144 cm³/mol. The minimum Gasteiger partial charge on any atom is -0.439 e. The quantitative estimate of drug-likeness (QED) is 0.406. The van der Waals surface area contributed by atoms with Crippen LogP contribution in [0.3, 0.4) is 0 Å². The summed E-state index contributed by atoms with van der Waals surface area (Å²) in [6.45, 7) is 8.33. The largest absolute Gasteiger partial charge is 0.439 e. The Bertz CT molecular complexity index is 1130. The Hall–Kier alpha value is -3.37. The summed E-state index contributed by atoms with van der Waals surface area (Å²) in [6, 6.07) is 0. The van der Waals surface area contributed by atoms with Gasteiger partial charge in [0, 0.05) is 42.9 Å². The van der Waals surface area contributed by atoms with Crippen LogP contribution < -0.4 is 11.1 Å². The molecule has 2 bridgehead atoms. The Labute approximate surface area is 229 Å². The first-order chi connectivity index (χ1) is 18.3. The second-order valence-corrected chi connectivity index (χ2v) is 10.1. The highest BCUT2D eigenvalue weighted by Gasteiger charge is 2.33. The van der Waals surface area contributed by atoms with Gasteiger partial charge in [0.1, 0.15) is 12.3 Å². The molecule has 0 saturated heterocycles. The van der Waals surface area contributed by atoms with Gasteiger partial charge in [0.25, 0.3) is 5.91 Å². The number of hydrogen-bond acceptors (Lipinski definition) is 7. The molecule has 1 aliphatic carbocycles. The number of halogens is 1. The number of nitrogens with two attached hydrogens (primary N) is 1. The SMILES string of the molecule is CO[C@H]1/C=C\C=C(/C)C(=O)NC2=CC(=O)C(C)=C(C[C@@H](C)C[C@H](OC)[C@@H](F)[C@@H](C)/C=C(\C)[C@@H]1OC(N)=O)C2=O. The summed E-state index contributed by atoms with van der Waals surface area (Å²) in [5.41, 5.74) is 6.53. The number of ether oxygens (including phenoxy) is 3. The van der Waals surface area contributed by atoms with Gasteiger partial charge >= 0.3 is 6.09 Å². The number of nitrogens with one attached hydrogen (secondary N) is 1. The molecule has 6 atom stereocenters. The Balaban J connectivity index is 2.58. The lowest BCUT2D eigenvalue weighted by Gasteiger charge is -2.28. The van der Waals surface area contributed by atoms with Crippen molar-refractivity contribution >= 4 is 23.6 Å². The number of methoxy groups -OCH3 is 2. The van der Waals surface area contributed by atoms with Crippen LogP contribution in [0.2, 0.25) is 0 Å². The minimum atomic E-state index is -1.43. The maximum atomic E-state index is 15.7. The van der Waals surface area contributed by atoms with Crippen LogP contribution in [0.1, 0.15) is 47.5 Å². The molecule has 0 aromatic carbocycles. The smallest absolute Gasteiger partial charge is 0.405 e. The highest BCUT2D eigenvalue weighted by atomic mass is 19.1. The van der Waals surface area contributed by atoms with Crippen LogP contribution in [0.25, 0.3) is 0 Å². The molecule has 0 spiro atoms. The average molecular weight is 547 g/mol. The van der Waals surface area contributed by atoms with Crippen molar-refractivity contribution in [3.63, 3.8) is 0 Å². The number of rotatable bonds is 3. The van der Waals surface area contributed by atoms with Crippen LogP contribution >= 0.6 is 0 Å². The van der Waals surface area contributed by atoms with E-state index in [4.69, 9.17) is 19.9 Å². The van der Waals surface area contributed by atoms with Gasteiger partial charge in [0.05, 0.1) is 11.8 Å². The second kappa shape index (κ2) is 14.1. The topological polar surface area (TPSA) is 134 Å². The summed E-state index contributed by atoms with van der Waals surface area (Å²) in [7, 11) is 2.83. The standard InChI is InChI=1S/C29H39FN2O7/c1-15-11-20-19(5)22(33)14-21(26(20)34)32-28(35)16(2)9-8-10-23(37-6)27(39-29(31)36)18(4)13-17(3)25(30)24(12-15)38-7/h8-10,13-15,17,23-25,27H,11-12H2,1-7H3,(H2,31,36)(H,32,35)/b10-8-,16-9+,18-13+/t15-,17+,23+,24+,25+,27+/m1/s1. The molecule has 0 unspecified atom stereocenters. The fraction of sp³-hybridized carbons (Fsp3) is 0.517. The number of allylic oxidation sites excluding steroid dienone is 6. The predicted octanol–water partition coefficient (Wildman–Crippen LogP) is 3.80. The van der Waals surface area contributed by atoms with Gasteiger partial charge in [0.15, 0.2) is 11.9 Å². The van der Waals surface area contributed by atoms with Gasteiger partial charge < -0.3 is 25.3 Å². The van der Waals surface area contributed by atoms with E-state index >= 15 is 4.39 Å². The molecule has 1 heterocycles. The third-order valence-corrected chi connectivity index (χ3v) is 7.01. The van der Waals surface area contributed by atoms with E-state index in [-0.39, 0.29) is 41.4 Å². The van der Waals surface area contributed by atoms with Crippen LogP contribution in [0, 0.1) is 11.8 Å². The maximum absolute atomic E-state index is 15.7. The second-order valence-electron chi connectivity index (χ2n) is 10.1. The van der Waals surface area contributed by atoms with Crippen LogP contribution in [0.15, 0.2) is 58.4 Å². The number of hydrogen-bond donors (Lipinski definition) is 2. The van der Waals surface area contributed by atoms with Gasteiger partial charge in [-0.15, -0.1) is 0 Å². The van der Waals surface area contributed by atoms with Crippen LogP contribution in [-0.4, -0.2) is 62.3 Å². The van der Waals surface area contributed by atoms with E-state index in [0.717, 1.165) is 6.08 Å². The highest BCUT2D eigenvalue weighted by Crippen LogP contribution is 2.30. The molecule has 2 aliphatic rings. The number of primary amides is 1. The van der Waals surface area contributed by atoms with Crippen LogP contribution in [0.5, 0.6) is 0 Å². The molecule has 0 aromatic heterocycles. The van der Waals surface area contributed by atoms with E-state index in [1.54, 1.807) is 39.8 Å². The lowest BCUT2D eigenvalue weighted by Crippen LogP contribution is -2.36. The minimum absolute atomic E-state index is 0.114. The molecule has 10 heteroatoms. The monoisotopic (exact) mass is 546 g/mol. The number of carbonyl (C=O) groups is 4. The van der Waals surface area contributed by atoms with Gasteiger partial charge in [0.2, 0.25) is 5.78 Å².